The number of aliphatic hydroxyl groups is 1. The number of benzene rings is 2. The minimum Gasteiger partial charge on any atom is -0.385 e. The third-order valence-corrected chi connectivity index (χ3v) is 3.63. The zero-order valence-electron chi connectivity index (χ0n) is 12.3. The average Bonchev–Trinajstić information content (AvgIpc) is 2.48. The first-order valence-corrected chi connectivity index (χ1v) is 7.23. The smallest absolute Gasteiger partial charge is 0.0886 e. The Kier molecular flexibility index (Phi) is 4.94. The Hall–Kier alpha value is -1.64. The normalized spacial score (nSPS) is 13.9. The highest BCUT2D eigenvalue weighted by molar-refractivity contribution is 5.68. The van der Waals surface area contributed by atoms with Gasteiger partial charge in [-0.15, -0.1) is 0 Å². The minimum absolute atomic E-state index is 0.699. The molecule has 106 valence electrons. The molecule has 0 aliphatic carbocycles. The van der Waals surface area contributed by atoms with E-state index in [1.165, 1.54) is 0 Å². The zero-order chi connectivity index (χ0) is 14.4. The number of hydrogen-bond acceptors (Lipinski definition) is 2. The lowest BCUT2D eigenvalue weighted by Gasteiger charge is -2.27. The molecule has 1 unspecified atom stereocenters. The van der Waals surface area contributed by atoms with Crippen LogP contribution in [0.1, 0.15) is 25.8 Å². The van der Waals surface area contributed by atoms with Crippen LogP contribution in [0.3, 0.4) is 0 Å². The average molecular weight is 269 g/mol. The molecule has 0 aliphatic rings. The number of nitrogens with one attached hydrogen (secondary N) is 1. The van der Waals surface area contributed by atoms with E-state index in [-0.39, 0.29) is 0 Å². The summed E-state index contributed by atoms with van der Waals surface area (Å²) in [6.07, 6.45) is 0.699. The van der Waals surface area contributed by atoms with Gasteiger partial charge in [-0.2, -0.15) is 0 Å². The Labute approximate surface area is 121 Å². The van der Waals surface area contributed by atoms with E-state index >= 15 is 0 Å². The molecular formula is C18H23NO. The van der Waals surface area contributed by atoms with E-state index in [9.17, 15) is 5.11 Å². The van der Waals surface area contributed by atoms with Gasteiger partial charge in [-0.3, -0.25) is 0 Å². The molecular weight excluding hydrogens is 246 g/mol. The predicted octanol–water partition coefficient (Wildman–Crippen LogP) is 3.56. The summed E-state index contributed by atoms with van der Waals surface area (Å²) in [6.45, 7) is 5.71. The van der Waals surface area contributed by atoms with Crippen LogP contribution >= 0.6 is 0 Å². The summed E-state index contributed by atoms with van der Waals surface area (Å²) in [5, 5.41) is 14.1. The van der Waals surface area contributed by atoms with Crippen LogP contribution in [0.2, 0.25) is 0 Å². The second-order valence-electron chi connectivity index (χ2n) is 5.29. The summed E-state index contributed by atoms with van der Waals surface area (Å²) in [7, 11) is 0. The van der Waals surface area contributed by atoms with E-state index < -0.39 is 5.60 Å². The topological polar surface area (TPSA) is 32.3 Å². The van der Waals surface area contributed by atoms with Crippen molar-refractivity contribution in [3.63, 3.8) is 0 Å². The van der Waals surface area contributed by atoms with Crippen molar-refractivity contribution < 1.29 is 5.11 Å². The van der Waals surface area contributed by atoms with Crippen molar-refractivity contribution in [2.24, 2.45) is 0 Å². The molecule has 2 nitrogen and oxygen atoms in total. The van der Waals surface area contributed by atoms with Crippen LogP contribution in [-0.2, 0) is 5.60 Å². The quantitative estimate of drug-likeness (QED) is 0.786. The van der Waals surface area contributed by atoms with Gasteiger partial charge in [-0.1, -0.05) is 61.5 Å². The highest BCUT2D eigenvalue weighted by Gasteiger charge is 2.25. The van der Waals surface area contributed by atoms with Crippen molar-refractivity contribution in [2.45, 2.75) is 25.9 Å². The van der Waals surface area contributed by atoms with Crippen LogP contribution in [0.15, 0.2) is 54.6 Å². The van der Waals surface area contributed by atoms with Crippen LogP contribution in [0, 0.1) is 0 Å². The van der Waals surface area contributed by atoms with E-state index in [0.29, 0.717) is 6.42 Å². The molecule has 0 aliphatic heterocycles. The molecule has 2 aromatic rings. The monoisotopic (exact) mass is 269 g/mol. The Morgan fingerprint density at radius 2 is 1.65 bits per heavy atom. The Morgan fingerprint density at radius 3 is 2.35 bits per heavy atom. The van der Waals surface area contributed by atoms with Gasteiger partial charge >= 0.3 is 0 Å². The second-order valence-corrected chi connectivity index (χ2v) is 5.29. The summed E-state index contributed by atoms with van der Waals surface area (Å²) in [5.74, 6) is 0. The van der Waals surface area contributed by atoms with Crippen LogP contribution in [0.4, 0.5) is 0 Å². The molecule has 20 heavy (non-hydrogen) atoms. The van der Waals surface area contributed by atoms with E-state index in [1.54, 1.807) is 0 Å². The van der Waals surface area contributed by atoms with Crippen molar-refractivity contribution in [1.29, 1.82) is 0 Å². The number of rotatable bonds is 6. The summed E-state index contributed by atoms with van der Waals surface area (Å²) in [6, 6.07) is 18.3. The summed E-state index contributed by atoms with van der Waals surface area (Å²) in [5.41, 5.74) is 2.42. The lowest BCUT2D eigenvalue weighted by molar-refractivity contribution is 0.0487. The first kappa shape index (κ1) is 14.8. The Balaban J connectivity index is 2.32. The lowest BCUT2D eigenvalue weighted by atomic mass is 9.86. The van der Waals surface area contributed by atoms with Gasteiger partial charge in [0.25, 0.3) is 0 Å². The molecule has 0 radical (unpaired) electrons. The maximum absolute atomic E-state index is 10.8. The van der Waals surface area contributed by atoms with E-state index in [2.05, 4.69) is 30.4 Å². The van der Waals surface area contributed by atoms with E-state index in [4.69, 9.17) is 0 Å². The lowest BCUT2D eigenvalue weighted by Crippen LogP contribution is -2.28. The van der Waals surface area contributed by atoms with Gasteiger partial charge in [0.2, 0.25) is 0 Å². The Morgan fingerprint density at radius 1 is 1.00 bits per heavy atom. The first-order chi connectivity index (χ1) is 9.65. The summed E-state index contributed by atoms with van der Waals surface area (Å²) < 4.78 is 0. The molecule has 0 heterocycles. The fourth-order valence-corrected chi connectivity index (χ4v) is 2.47. The van der Waals surface area contributed by atoms with Gasteiger partial charge in [-0.25, -0.2) is 0 Å². The van der Waals surface area contributed by atoms with E-state index in [0.717, 1.165) is 29.8 Å². The zero-order valence-corrected chi connectivity index (χ0v) is 12.3. The van der Waals surface area contributed by atoms with Crippen LogP contribution in [0.5, 0.6) is 0 Å². The van der Waals surface area contributed by atoms with E-state index in [1.807, 2.05) is 43.3 Å². The van der Waals surface area contributed by atoms with Crippen molar-refractivity contribution in [3.05, 3.63) is 60.2 Å². The fourth-order valence-electron chi connectivity index (χ4n) is 2.47. The molecule has 0 spiro atoms. The van der Waals surface area contributed by atoms with Crippen molar-refractivity contribution in [1.82, 2.24) is 5.32 Å². The van der Waals surface area contributed by atoms with Crippen molar-refractivity contribution in [2.75, 3.05) is 13.1 Å². The van der Waals surface area contributed by atoms with Crippen LogP contribution in [0.25, 0.3) is 11.1 Å². The van der Waals surface area contributed by atoms with Gasteiger partial charge in [-0.05, 0) is 43.1 Å². The Bertz CT molecular complexity index is 534. The third-order valence-electron chi connectivity index (χ3n) is 3.63. The standard InChI is InChI=1S/C18H23NO/c1-3-19-14-13-18(2,20)17-12-8-7-11-16(17)15-9-5-4-6-10-15/h4-12,19-20H,3,13-14H2,1-2H3. The van der Waals surface area contributed by atoms with Crippen LogP contribution < -0.4 is 5.32 Å². The molecule has 2 rings (SSSR count). The first-order valence-electron chi connectivity index (χ1n) is 7.23. The van der Waals surface area contributed by atoms with Crippen LogP contribution in [-0.4, -0.2) is 18.2 Å². The molecule has 1 atom stereocenters. The summed E-state index contributed by atoms with van der Waals surface area (Å²) in [4.78, 5) is 0. The van der Waals surface area contributed by atoms with Gasteiger partial charge in [0.05, 0.1) is 5.60 Å². The molecule has 0 saturated heterocycles. The molecule has 2 N–H and O–H groups in total. The molecule has 0 amide bonds. The second kappa shape index (κ2) is 6.69. The van der Waals surface area contributed by atoms with Gasteiger partial charge in [0.15, 0.2) is 0 Å². The SMILES string of the molecule is CCNCCC(C)(O)c1ccccc1-c1ccccc1. The summed E-state index contributed by atoms with van der Waals surface area (Å²) >= 11 is 0. The molecule has 2 heteroatoms. The molecule has 0 fully saturated rings. The maximum Gasteiger partial charge on any atom is 0.0886 e. The van der Waals surface area contributed by atoms with Gasteiger partial charge in [0, 0.05) is 0 Å². The van der Waals surface area contributed by atoms with Gasteiger partial charge in [0.1, 0.15) is 0 Å². The maximum atomic E-state index is 10.8. The van der Waals surface area contributed by atoms with Crippen molar-refractivity contribution in [3.8, 4) is 11.1 Å². The molecule has 0 bridgehead atoms. The fraction of sp³-hybridized carbons (Fsp3) is 0.333. The minimum atomic E-state index is -0.825. The van der Waals surface area contributed by atoms with Crippen molar-refractivity contribution >= 4 is 0 Å². The molecule has 0 aromatic heterocycles. The van der Waals surface area contributed by atoms with Gasteiger partial charge < -0.3 is 10.4 Å². The predicted molar refractivity (Wildman–Crippen MR) is 84.6 cm³/mol. The third kappa shape index (κ3) is 3.47. The molecule has 2 aromatic carbocycles. The number of hydrogen-bond donors (Lipinski definition) is 2. The highest BCUT2D eigenvalue weighted by Crippen LogP contribution is 2.33. The largest absolute Gasteiger partial charge is 0.385 e. The highest BCUT2D eigenvalue weighted by atomic mass is 16.3. The molecule has 0 saturated carbocycles.